The van der Waals surface area contributed by atoms with Gasteiger partial charge in [0.2, 0.25) is 5.91 Å². The van der Waals surface area contributed by atoms with Gasteiger partial charge in [0, 0.05) is 24.1 Å². The second kappa shape index (κ2) is 8.36. The summed E-state index contributed by atoms with van der Waals surface area (Å²) in [6.45, 7) is 2.29. The molecule has 1 amide bonds. The van der Waals surface area contributed by atoms with Crippen LogP contribution < -0.4 is 11.1 Å². The molecule has 1 aromatic carbocycles. The minimum atomic E-state index is -0.622. The first-order valence-corrected chi connectivity index (χ1v) is 8.02. The molecule has 3 N–H and O–H groups in total. The standard InChI is InChI=1S/C17H24F2N2O2/c1-11(17(22)21-16-4-5-16)2-3-15(20)10-23-9-12-6-13(18)8-14(19)7-12/h6-8,11,15-16H,2-5,9-10,20H2,1H3,(H,21,22)/t11-,15?/m1/s1. The van der Waals surface area contributed by atoms with Crippen molar-refractivity contribution in [1.29, 1.82) is 0 Å². The summed E-state index contributed by atoms with van der Waals surface area (Å²) in [6, 6.07) is 3.46. The molecule has 1 unspecified atom stereocenters. The molecule has 0 spiro atoms. The summed E-state index contributed by atoms with van der Waals surface area (Å²) >= 11 is 0. The van der Waals surface area contributed by atoms with Gasteiger partial charge in [-0.25, -0.2) is 8.78 Å². The number of rotatable bonds is 9. The van der Waals surface area contributed by atoms with Crippen molar-refractivity contribution >= 4 is 5.91 Å². The van der Waals surface area contributed by atoms with Gasteiger partial charge in [-0.05, 0) is 43.4 Å². The van der Waals surface area contributed by atoms with Crippen molar-refractivity contribution in [2.75, 3.05) is 6.61 Å². The van der Waals surface area contributed by atoms with Gasteiger partial charge >= 0.3 is 0 Å². The van der Waals surface area contributed by atoms with Gasteiger partial charge in [0.1, 0.15) is 11.6 Å². The summed E-state index contributed by atoms with van der Waals surface area (Å²) in [7, 11) is 0. The smallest absolute Gasteiger partial charge is 0.223 e. The number of nitrogens with two attached hydrogens (primary N) is 1. The number of hydrogen-bond donors (Lipinski definition) is 2. The van der Waals surface area contributed by atoms with Crippen LogP contribution in [0.15, 0.2) is 18.2 Å². The van der Waals surface area contributed by atoms with Gasteiger partial charge in [-0.15, -0.1) is 0 Å². The quantitative estimate of drug-likeness (QED) is 0.733. The van der Waals surface area contributed by atoms with E-state index in [1.54, 1.807) is 0 Å². The molecule has 128 valence electrons. The van der Waals surface area contributed by atoms with Gasteiger partial charge in [-0.3, -0.25) is 4.79 Å². The third-order valence-corrected chi connectivity index (χ3v) is 3.86. The van der Waals surface area contributed by atoms with Gasteiger partial charge in [0.15, 0.2) is 0 Å². The molecular formula is C17H24F2N2O2. The Balaban J connectivity index is 1.62. The van der Waals surface area contributed by atoms with Crippen molar-refractivity contribution in [3.05, 3.63) is 35.4 Å². The lowest BCUT2D eigenvalue weighted by atomic mass is 10.0. The molecule has 2 rings (SSSR count). The Kier molecular flexibility index (Phi) is 6.47. The maximum Gasteiger partial charge on any atom is 0.223 e. The van der Waals surface area contributed by atoms with Crippen LogP contribution in [0.5, 0.6) is 0 Å². The van der Waals surface area contributed by atoms with Gasteiger partial charge in [-0.2, -0.15) is 0 Å². The molecule has 0 aliphatic heterocycles. The zero-order chi connectivity index (χ0) is 16.8. The topological polar surface area (TPSA) is 64.3 Å². The number of benzene rings is 1. The van der Waals surface area contributed by atoms with Crippen LogP contribution in [0.3, 0.4) is 0 Å². The van der Waals surface area contributed by atoms with Crippen LogP contribution in [0.25, 0.3) is 0 Å². The SMILES string of the molecule is C[C@H](CCC(N)COCc1cc(F)cc(F)c1)C(=O)NC1CC1. The highest BCUT2D eigenvalue weighted by Gasteiger charge is 2.25. The number of carbonyl (C=O) groups is 1. The first-order chi connectivity index (χ1) is 10.9. The van der Waals surface area contributed by atoms with Crippen LogP contribution in [0.2, 0.25) is 0 Å². The molecule has 0 radical (unpaired) electrons. The first-order valence-electron chi connectivity index (χ1n) is 8.02. The maximum absolute atomic E-state index is 13.0. The van der Waals surface area contributed by atoms with Crippen LogP contribution in [-0.4, -0.2) is 24.6 Å². The molecule has 0 saturated heterocycles. The minimum Gasteiger partial charge on any atom is -0.375 e. The average Bonchev–Trinajstić information content (AvgIpc) is 3.27. The molecule has 2 atom stereocenters. The van der Waals surface area contributed by atoms with Crippen LogP contribution >= 0.6 is 0 Å². The molecule has 1 aliphatic carbocycles. The fourth-order valence-electron chi connectivity index (χ4n) is 2.27. The van der Waals surface area contributed by atoms with Crippen molar-refractivity contribution in [1.82, 2.24) is 5.32 Å². The highest BCUT2D eigenvalue weighted by atomic mass is 19.1. The zero-order valence-electron chi connectivity index (χ0n) is 13.4. The number of amides is 1. The molecule has 1 aliphatic rings. The van der Waals surface area contributed by atoms with E-state index in [0.29, 0.717) is 24.4 Å². The van der Waals surface area contributed by atoms with E-state index in [0.717, 1.165) is 18.9 Å². The Bertz CT molecular complexity index is 515. The van der Waals surface area contributed by atoms with Gasteiger partial charge in [0.05, 0.1) is 13.2 Å². The Labute approximate surface area is 135 Å². The second-order valence-corrected chi connectivity index (χ2v) is 6.31. The fourth-order valence-corrected chi connectivity index (χ4v) is 2.27. The lowest BCUT2D eigenvalue weighted by molar-refractivity contribution is -0.124. The van der Waals surface area contributed by atoms with E-state index < -0.39 is 11.6 Å². The number of ether oxygens (including phenoxy) is 1. The summed E-state index contributed by atoms with van der Waals surface area (Å²) < 4.78 is 31.5. The zero-order valence-corrected chi connectivity index (χ0v) is 13.4. The van der Waals surface area contributed by atoms with Crippen LogP contribution in [-0.2, 0) is 16.1 Å². The molecule has 4 nitrogen and oxygen atoms in total. The Morgan fingerprint density at radius 2 is 1.96 bits per heavy atom. The summed E-state index contributed by atoms with van der Waals surface area (Å²) in [4.78, 5) is 11.8. The lowest BCUT2D eigenvalue weighted by Crippen LogP contribution is -2.33. The van der Waals surface area contributed by atoms with E-state index in [1.165, 1.54) is 12.1 Å². The van der Waals surface area contributed by atoms with Crippen LogP contribution in [0, 0.1) is 17.6 Å². The highest BCUT2D eigenvalue weighted by Crippen LogP contribution is 2.20. The molecule has 6 heteroatoms. The molecular weight excluding hydrogens is 302 g/mol. The molecule has 0 bridgehead atoms. The number of hydrogen-bond acceptors (Lipinski definition) is 3. The third kappa shape index (κ3) is 6.62. The minimum absolute atomic E-state index is 0.0704. The van der Waals surface area contributed by atoms with E-state index in [-0.39, 0.29) is 31.1 Å². The molecule has 0 aromatic heterocycles. The Hall–Kier alpha value is -1.53. The average molecular weight is 326 g/mol. The summed E-state index contributed by atoms with van der Waals surface area (Å²) in [5, 5.41) is 2.97. The third-order valence-electron chi connectivity index (χ3n) is 3.86. The van der Waals surface area contributed by atoms with Gasteiger partial charge < -0.3 is 15.8 Å². The van der Waals surface area contributed by atoms with Crippen molar-refractivity contribution < 1.29 is 18.3 Å². The molecule has 0 heterocycles. The van der Waals surface area contributed by atoms with Crippen LogP contribution in [0.4, 0.5) is 8.78 Å². The summed E-state index contributed by atoms with van der Waals surface area (Å²) in [6.07, 6.45) is 3.51. The van der Waals surface area contributed by atoms with Crippen molar-refractivity contribution in [2.24, 2.45) is 11.7 Å². The lowest BCUT2D eigenvalue weighted by Gasteiger charge is -2.16. The normalized spacial score (nSPS) is 16.9. The van der Waals surface area contributed by atoms with Gasteiger partial charge in [-0.1, -0.05) is 6.92 Å². The second-order valence-electron chi connectivity index (χ2n) is 6.31. The monoisotopic (exact) mass is 326 g/mol. The van der Waals surface area contributed by atoms with E-state index in [1.807, 2.05) is 6.92 Å². The molecule has 1 saturated carbocycles. The van der Waals surface area contributed by atoms with Crippen molar-refractivity contribution in [3.8, 4) is 0 Å². The highest BCUT2D eigenvalue weighted by molar-refractivity contribution is 5.78. The number of halogens is 2. The largest absolute Gasteiger partial charge is 0.375 e. The molecule has 23 heavy (non-hydrogen) atoms. The summed E-state index contributed by atoms with van der Waals surface area (Å²) in [5.74, 6) is -1.23. The van der Waals surface area contributed by atoms with Crippen molar-refractivity contribution in [2.45, 2.75) is 51.3 Å². The van der Waals surface area contributed by atoms with E-state index >= 15 is 0 Å². The molecule has 1 aromatic rings. The Morgan fingerprint density at radius 1 is 1.30 bits per heavy atom. The van der Waals surface area contributed by atoms with E-state index in [2.05, 4.69) is 5.32 Å². The number of nitrogens with one attached hydrogen (secondary N) is 1. The van der Waals surface area contributed by atoms with E-state index in [4.69, 9.17) is 10.5 Å². The maximum atomic E-state index is 13.0. The van der Waals surface area contributed by atoms with Crippen molar-refractivity contribution in [3.63, 3.8) is 0 Å². The van der Waals surface area contributed by atoms with Gasteiger partial charge in [0.25, 0.3) is 0 Å². The predicted molar refractivity (Wildman–Crippen MR) is 83.6 cm³/mol. The first kappa shape index (κ1) is 17.8. The summed E-state index contributed by atoms with van der Waals surface area (Å²) in [5.41, 5.74) is 6.39. The fraction of sp³-hybridized carbons (Fsp3) is 0.588. The molecule has 1 fully saturated rings. The number of carbonyl (C=O) groups excluding carboxylic acids is 1. The predicted octanol–water partition coefficient (Wildman–Crippen LogP) is 2.50. The van der Waals surface area contributed by atoms with E-state index in [9.17, 15) is 13.6 Å². The Morgan fingerprint density at radius 3 is 2.57 bits per heavy atom. The van der Waals surface area contributed by atoms with Crippen LogP contribution in [0.1, 0.15) is 38.2 Å².